The Morgan fingerprint density at radius 2 is 1.94 bits per heavy atom. The molecule has 1 aliphatic heterocycles. The van der Waals surface area contributed by atoms with Crippen molar-refractivity contribution in [3.63, 3.8) is 0 Å². The molecule has 16 heavy (non-hydrogen) atoms. The predicted octanol–water partition coefficient (Wildman–Crippen LogP) is 2.25. The Morgan fingerprint density at radius 1 is 1.31 bits per heavy atom. The molecular weight excluding hydrogens is 204 g/mol. The Kier molecular flexibility index (Phi) is 3.12. The van der Waals surface area contributed by atoms with Crippen molar-refractivity contribution in [3.8, 4) is 0 Å². The van der Waals surface area contributed by atoms with Crippen LogP contribution < -0.4 is 0 Å². The molecule has 1 N–H and O–H groups in total. The maximum absolute atomic E-state index is 9.91. The smallest absolute Gasteiger partial charge is 0.162 e. The maximum atomic E-state index is 9.91. The summed E-state index contributed by atoms with van der Waals surface area (Å²) in [6, 6.07) is 0. The number of hydrogen-bond acceptors (Lipinski definition) is 3. The number of aliphatic hydroxyl groups is 1. The summed E-state index contributed by atoms with van der Waals surface area (Å²) in [5.74, 6) is -0.469. The van der Waals surface area contributed by atoms with Gasteiger partial charge in [-0.15, -0.1) is 0 Å². The van der Waals surface area contributed by atoms with Gasteiger partial charge in [0.25, 0.3) is 0 Å². The average molecular weight is 226 g/mol. The third-order valence-corrected chi connectivity index (χ3v) is 3.63. The molecule has 2 fully saturated rings. The van der Waals surface area contributed by atoms with Crippen molar-refractivity contribution in [2.75, 3.05) is 13.2 Å². The fraction of sp³-hybridized carbons (Fsp3) is 0.846. The molecule has 2 rings (SSSR count). The second kappa shape index (κ2) is 4.13. The molecule has 0 aromatic carbocycles. The van der Waals surface area contributed by atoms with Gasteiger partial charge in [0.2, 0.25) is 0 Å². The van der Waals surface area contributed by atoms with Gasteiger partial charge >= 0.3 is 0 Å². The van der Waals surface area contributed by atoms with Crippen LogP contribution in [0.15, 0.2) is 11.6 Å². The molecule has 3 heteroatoms. The molecule has 1 spiro atoms. The van der Waals surface area contributed by atoms with E-state index in [1.165, 1.54) is 5.57 Å². The molecule has 1 unspecified atom stereocenters. The van der Waals surface area contributed by atoms with Crippen LogP contribution in [0.3, 0.4) is 0 Å². The maximum Gasteiger partial charge on any atom is 0.162 e. The molecule has 1 heterocycles. The van der Waals surface area contributed by atoms with Gasteiger partial charge in [-0.05, 0) is 40.0 Å². The second-order valence-corrected chi connectivity index (χ2v) is 5.66. The summed E-state index contributed by atoms with van der Waals surface area (Å²) < 4.78 is 11.5. The SMILES string of the molecule is CC=C1CC(O)CC2(COC(C)(C)OC2)C1. The van der Waals surface area contributed by atoms with Crippen molar-refractivity contribution >= 4 is 0 Å². The third-order valence-electron chi connectivity index (χ3n) is 3.63. The topological polar surface area (TPSA) is 38.7 Å². The lowest BCUT2D eigenvalue weighted by Crippen LogP contribution is -2.49. The highest BCUT2D eigenvalue weighted by atomic mass is 16.7. The minimum absolute atomic E-state index is 0.00493. The zero-order valence-electron chi connectivity index (χ0n) is 10.5. The molecule has 0 radical (unpaired) electrons. The first-order valence-electron chi connectivity index (χ1n) is 6.05. The largest absolute Gasteiger partial charge is 0.393 e. The van der Waals surface area contributed by atoms with E-state index in [-0.39, 0.29) is 11.5 Å². The molecule has 0 bridgehead atoms. The molecule has 0 amide bonds. The number of aliphatic hydroxyl groups excluding tert-OH is 1. The van der Waals surface area contributed by atoms with E-state index < -0.39 is 5.79 Å². The van der Waals surface area contributed by atoms with Gasteiger partial charge in [-0.25, -0.2) is 0 Å². The van der Waals surface area contributed by atoms with E-state index in [1.807, 2.05) is 20.8 Å². The highest BCUT2D eigenvalue weighted by Crippen LogP contribution is 2.43. The molecule has 1 atom stereocenters. The minimum atomic E-state index is -0.469. The lowest BCUT2D eigenvalue weighted by molar-refractivity contribution is -0.290. The van der Waals surface area contributed by atoms with Crippen LogP contribution in [0.1, 0.15) is 40.0 Å². The first-order valence-corrected chi connectivity index (χ1v) is 6.05. The summed E-state index contributed by atoms with van der Waals surface area (Å²) in [6.07, 6.45) is 4.47. The summed E-state index contributed by atoms with van der Waals surface area (Å²) in [5, 5.41) is 9.91. The van der Waals surface area contributed by atoms with Crippen molar-refractivity contribution in [1.82, 2.24) is 0 Å². The van der Waals surface area contributed by atoms with Gasteiger partial charge in [-0.2, -0.15) is 0 Å². The third kappa shape index (κ3) is 2.47. The number of hydrogen-bond donors (Lipinski definition) is 1. The van der Waals surface area contributed by atoms with Crippen molar-refractivity contribution in [2.45, 2.75) is 51.9 Å². The van der Waals surface area contributed by atoms with Gasteiger partial charge in [0.15, 0.2) is 5.79 Å². The van der Waals surface area contributed by atoms with Gasteiger partial charge in [0.05, 0.1) is 19.3 Å². The molecule has 0 aromatic heterocycles. The van der Waals surface area contributed by atoms with E-state index in [4.69, 9.17) is 9.47 Å². The summed E-state index contributed by atoms with van der Waals surface area (Å²) in [4.78, 5) is 0. The quantitative estimate of drug-likeness (QED) is 0.644. The normalized spacial score (nSPS) is 35.5. The van der Waals surface area contributed by atoms with Crippen LogP contribution in [0.2, 0.25) is 0 Å². The Balaban J connectivity index is 2.08. The first kappa shape index (κ1) is 12.1. The predicted molar refractivity (Wildman–Crippen MR) is 62.0 cm³/mol. The van der Waals surface area contributed by atoms with Crippen LogP contribution in [-0.4, -0.2) is 30.2 Å². The van der Waals surface area contributed by atoms with E-state index in [2.05, 4.69) is 6.08 Å². The van der Waals surface area contributed by atoms with Crippen molar-refractivity contribution in [3.05, 3.63) is 11.6 Å². The van der Waals surface area contributed by atoms with E-state index in [9.17, 15) is 5.11 Å². The number of allylic oxidation sites excluding steroid dienone is 1. The Hall–Kier alpha value is -0.380. The molecule has 3 nitrogen and oxygen atoms in total. The average Bonchev–Trinajstić information content (AvgIpc) is 2.22. The first-order chi connectivity index (χ1) is 7.45. The summed E-state index contributed by atoms with van der Waals surface area (Å²) in [6.45, 7) is 7.30. The molecule has 1 aliphatic carbocycles. The van der Waals surface area contributed by atoms with Gasteiger partial charge < -0.3 is 14.6 Å². The second-order valence-electron chi connectivity index (χ2n) is 5.66. The Morgan fingerprint density at radius 3 is 2.50 bits per heavy atom. The van der Waals surface area contributed by atoms with Crippen LogP contribution >= 0.6 is 0 Å². The zero-order valence-corrected chi connectivity index (χ0v) is 10.5. The Labute approximate surface area is 97.4 Å². The van der Waals surface area contributed by atoms with E-state index in [0.29, 0.717) is 13.2 Å². The lowest BCUT2D eigenvalue weighted by Gasteiger charge is -2.47. The molecule has 1 saturated heterocycles. The molecule has 92 valence electrons. The van der Waals surface area contributed by atoms with E-state index in [1.54, 1.807) is 0 Å². The fourth-order valence-corrected chi connectivity index (χ4v) is 2.68. The van der Waals surface area contributed by atoms with Gasteiger partial charge in [0.1, 0.15) is 0 Å². The van der Waals surface area contributed by atoms with Crippen LogP contribution in [0.5, 0.6) is 0 Å². The minimum Gasteiger partial charge on any atom is -0.393 e. The fourth-order valence-electron chi connectivity index (χ4n) is 2.68. The number of rotatable bonds is 0. The van der Waals surface area contributed by atoms with E-state index in [0.717, 1.165) is 19.3 Å². The highest BCUT2D eigenvalue weighted by Gasteiger charge is 2.44. The van der Waals surface area contributed by atoms with Crippen molar-refractivity contribution in [2.24, 2.45) is 5.41 Å². The van der Waals surface area contributed by atoms with Crippen LogP contribution in [0.25, 0.3) is 0 Å². The van der Waals surface area contributed by atoms with Gasteiger partial charge in [-0.3, -0.25) is 0 Å². The molecule has 1 saturated carbocycles. The Bertz CT molecular complexity index is 284. The van der Waals surface area contributed by atoms with Crippen molar-refractivity contribution < 1.29 is 14.6 Å². The monoisotopic (exact) mass is 226 g/mol. The van der Waals surface area contributed by atoms with E-state index >= 15 is 0 Å². The van der Waals surface area contributed by atoms with Crippen LogP contribution in [0, 0.1) is 5.41 Å². The van der Waals surface area contributed by atoms with Crippen LogP contribution in [0.4, 0.5) is 0 Å². The standard InChI is InChI=1S/C13H22O3/c1-4-10-5-11(14)7-13(6-10)8-15-12(2,3)16-9-13/h4,11,14H,5-9H2,1-3H3. The zero-order chi connectivity index (χ0) is 11.8. The summed E-state index contributed by atoms with van der Waals surface area (Å²) >= 11 is 0. The summed E-state index contributed by atoms with van der Waals surface area (Å²) in [7, 11) is 0. The van der Waals surface area contributed by atoms with Crippen LogP contribution in [-0.2, 0) is 9.47 Å². The number of ether oxygens (including phenoxy) is 2. The lowest BCUT2D eigenvalue weighted by atomic mass is 9.71. The molecular formula is C13H22O3. The molecule has 2 aliphatic rings. The molecule has 0 aromatic rings. The van der Waals surface area contributed by atoms with Crippen molar-refractivity contribution in [1.29, 1.82) is 0 Å². The highest BCUT2D eigenvalue weighted by molar-refractivity contribution is 5.11. The van der Waals surface area contributed by atoms with Gasteiger partial charge in [-0.1, -0.05) is 11.6 Å². The summed E-state index contributed by atoms with van der Waals surface area (Å²) in [5.41, 5.74) is 1.32. The van der Waals surface area contributed by atoms with Gasteiger partial charge in [0, 0.05) is 5.41 Å².